The van der Waals surface area contributed by atoms with Crippen molar-refractivity contribution in [3.63, 3.8) is 0 Å². The fourth-order valence-corrected chi connectivity index (χ4v) is 2.26. The first-order valence-corrected chi connectivity index (χ1v) is 7.93. The maximum atomic E-state index is 12.3. The minimum atomic E-state index is -0.169. The molecule has 3 rings (SSSR count). The van der Waals surface area contributed by atoms with Gasteiger partial charge in [-0.3, -0.25) is 9.20 Å². The summed E-state index contributed by atoms with van der Waals surface area (Å²) in [4.78, 5) is 12.3. The Hall–Kier alpha value is -2.89. The van der Waals surface area contributed by atoms with Gasteiger partial charge in [0.25, 0.3) is 5.91 Å². The van der Waals surface area contributed by atoms with Crippen molar-refractivity contribution in [3.05, 3.63) is 60.0 Å². The van der Waals surface area contributed by atoms with E-state index in [2.05, 4.69) is 29.4 Å². The van der Waals surface area contributed by atoms with Crippen molar-refractivity contribution in [1.29, 1.82) is 0 Å². The molecule has 24 heavy (non-hydrogen) atoms. The number of ether oxygens (including phenoxy) is 1. The molecule has 0 atom stereocenters. The molecule has 0 aliphatic heterocycles. The van der Waals surface area contributed by atoms with Crippen LogP contribution in [0.1, 0.15) is 30.0 Å². The Kier molecular flexibility index (Phi) is 4.74. The number of hydrogen-bond donors (Lipinski definition) is 1. The van der Waals surface area contributed by atoms with Gasteiger partial charge in [-0.25, -0.2) is 0 Å². The zero-order valence-corrected chi connectivity index (χ0v) is 13.8. The Labute approximate surface area is 140 Å². The molecule has 0 bridgehead atoms. The molecular weight excluding hydrogens is 304 g/mol. The monoisotopic (exact) mass is 324 g/mol. The second-order valence-electron chi connectivity index (χ2n) is 5.96. The first-order valence-electron chi connectivity index (χ1n) is 7.93. The maximum absolute atomic E-state index is 12.3. The Morgan fingerprint density at radius 3 is 2.92 bits per heavy atom. The van der Waals surface area contributed by atoms with Crippen molar-refractivity contribution in [3.8, 4) is 5.75 Å². The number of aromatic nitrogens is 3. The van der Waals surface area contributed by atoms with Crippen LogP contribution < -0.4 is 10.1 Å². The van der Waals surface area contributed by atoms with Crippen molar-refractivity contribution in [2.75, 3.05) is 6.61 Å². The predicted molar refractivity (Wildman–Crippen MR) is 90.9 cm³/mol. The summed E-state index contributed by atoms with van der Waals surface area (Å²) < 4.78 is 7.51. The molecule has 0 fully saturated rings. The maximum Gasteiger partial charge on any atom is 0.251 e. The van der Waals surface area contributed by atoms with Crippen LogP contribution in [-0.2, 0) is 6.54 Å². The number of carbonyl (C=O) groups excluding carboxylic acids is 1. The van der Waals surface area contributed by atoms with E-state index >= 15 is 0 Å². The van der Waals surface area contributed by atoms with E-state index in [1.165, 1.54) is 0 Å². The highest BCUT2D eigenvalue weighted by atomic mass is 16.5. The lowest BCUT2D eigenvalue weighted by Crippen LogP contribution is -2.24. The van der Waals surface area contributed by atoms with Crippen LogP contribution in [0.15, 0.2) is 48.7 Å². The second kappa shape index (κ2) is 7.12. The summed E-state index contributed by atoms with van der Waals surface area (Å²) >= 11 is 0. The van der Waals surface area contributed by atoms with E-state index in [4.69, 9.17) is 4.74 Å². The van der Waals surface area contributed by atoms with Crippen LogP contribution in [0.4, 0.5) is 0 Å². The minimum absolute atomic E-state index is 0.169. The van der Waals surface area contributed by atoms with Gasteiger partial charge in [0, 0.05) is 11.8 Å². The molecule has 0 aliphatic rings. The van der Waals surface area contributed by atoms with Gasteiger partial charge in [0.05, 0.1) is 13.2 Å². The summed E-state index contributed by atoms with van der Waals surface area (Å²) in [6.07, 6.45) is 1.87. The molecule has 2 aromatic heterocycles. The van der Waals surface area contributed by atoms with E-state index in [-0.39, 0.29) is 5.91 Å². The first kappa shape index (κ1) is 16.0. The molecule has 6 nitrogen and oxygen atoms in total. The molecule has 1 amide bonds. The Bertz CT molecular complexity index is 842. The lowest BCUT2D eigenvalue weighted by molar-refractivity contribution is 0.0949. The summed E-state index contributed by atoms with van der Waals surface area (Å²) in [7, 11) is 0. The van der Waals surface area contributed by atoms with Gasteiger partial charge >= 0.3 is 0 Å². The van der Waals surface area contributed by atoms with Crippen LogP contribution in [0.25, 0.3) is 5.65 Å². The number of amides is 1. The van der Waals surface area contributed by atoms with Gasteiger partial charge in [-0.1, -0.05) is 26.0 Å². The summed E-state index contributed by atoms with van der Waals surface area (Å²) in [5.41, 5.74) is 1.32. The molecule has 3 aromatic rings. The number of rotatable bonds is 6. The minimum Gasteiger partial charge on any atom is -0.493 e. The highest BCUT2D eigenvalue weighted by Crippen LogP contribution is 2.14. The largest absolute Gasteiger partial charge is 0.493 e. The van der Waals surface area contributed by atoms with Crippen molar-refractivity contribution >= 4 is 11.6 Å². The van der Waals surface area contributed by atoms with Crippen molar-refractivity contribution in [2.45, 2.75) is 20.4 Å². The number of pyridine rings is 1. The average Bonchev–Trinajstić information content (AvgIpc) is 3.01. The molecular formula is C18H20N4O2. The summed E-state index contributed by atoms with van der Waals surface area (Å²) in [5.74, 6) is 1.65. The standard InChI is InChI=1S/C18H20N4O2/c1-13(2)12-24-15-7-5-6-14(10-15)18(23)19-11-17-21-20-16-8-3-4-9-22(16)17/h3-10,13H,11-12H2,1-2H3,(H,19,23). The van der Waals surface area contributed by atoms with Gasteiger partial charge in [0.2, 0.25) is 0 Å². The molecule has 6 heteroatoms. The molecule has 124 valence electrons. The molecule has 0 aliphatic carbocycles. The predicted octanol–water partition coefficient (Wildman–Crippen LogP) is 2.69. The Morgan fingerprint density at radius 1 is 1.21 bits per heavy atom. The summed E-state index contributed by atoms with van der Waals surface area (Å²) in [5, 5.41) is 11.0. The molecule has 1 N–H and O–H groups in total. The highest BCUT2D eigenvalue weighted by Gasteiger charge is 2.10. The van der Waals surface area contributed by atoms with Crippen LogP contribution in [-0.4, -0.2) is 27.1 Å². The van der Waals surface area contributed by atoms with Gasteiger partial charge < -0.3 is 10.1 Å². The third kappa shape index (κ3) is 3.71. The summed E-state index contributed by atoms with van der Waals surface area (Å²) in [6.45, 7) is 5.09. The molecule has 0 radical (unpaired) electrons. The smallest absolute Gasteiger partial charge is 0.251 e. The lowest BCUT2D eigenvalue weighted by atomic mass is 10.2. The topological polar surface area (TPSA) is 68.5 Å². The number of nitrogens with zero attached hydrogens (tertiary/aromatic N) is 3. The normalized spacial score (nSPS) is 11.0. The van der Waals surface area contributed by atoms with E-state index in [9.17, 15) is 4.79 Å². The SMILES string of the molecule is CC(C)COc1cccc(C(=O)NCc2nnc3ccccn23)c1. The molecule has 0 unspecified atom stereocenters. The lowest BCUT2D eigenvalue weighted by Gasteiger charge is -2.10. The third-order valence-electron chi connectivity index (χ3n) is 3.47. The van der Waals surface area contributed by atoms with Gasteiger partial charge in [0.1, 0.15) is 5.75 Å². The first-order chi connectivity index (χ1) is 11.6. The van der Waals surface area contributed by atoms with Gasteiger partial charge in [0.15, 0.2) is 11.5 Å². The highest BCUT2D eigenvalue weighted by molar-refractivity contribution is 5.94. The molecule has 1 aromatic carbocycles. The van der Waals surface area contributed by atoms with Crippen molar-refractivity contribution in [1.82, 2.24) is 19.9 Å². The van der Waals surface area contributed by atoms with E-state index in [0.29, 0.717) is 36.2 Å². The Balaban J connectivity index is 1.65. The zero-order chi connectivity index (χ0) is 16.9. The van der Waals surface area contributed by atoms with Crippen LogP contribution in [0.5, 0.6) is 5.75 Å². The van der Waals surface area contributed by atoms with Crippen LogP contribution >= 0.6 is 0 Å². The van der Waals surface area contributed by atoms with Gasteiger partial charge in [-0.2, -0.15) is 0 Å². The number of carbonyl (C=O) groups is 1. The molecule has 0 saturated carbocycles. The summed E-state index contributed by atoms with van der Waals surface area (Å²) in [6, 6.07) is 12.8. The quantitative estimate of drug-likeness (QED) is 0.757. The van der Waals surface area contributed by atoms with E-state index in [1.54, 1.807) is 12.1 Å². The van der Waals surface area contributed by atoms with E-state index in [1.807, 2.05) is 40.9 Å². The van der Waals surface area contributed by atoms with Crippen molar-refractivity contribution in [2.24, 2.45) is 5.92 Å². The second-order valence-corrected chi connectivity index (χ2v) is 5.96. The van der Waals surface area contributed by atoms with Crippen LogP contribution in [0.2, 0.25) is 0 Å². The third-order valence-corrected chi connectivity index (χ3v) is 3.47. The number of fused-ring (bicyclic) bond motifs is 1. The van der Waals surface area contributed by atoms with Crippen LogP contribution in [0, 0.1) is 5.92 Å². The number of nitrogens with one attached hydrogen (secondary N) is 1. The van der Waals surface area contributed by atoms with E-state index in [0.717, 1.165) is 5.65 Å². The fraction of sp³-hybridized carbons (Fsp3) is 0.278. The van der Waals surface area contributed by atoms with Crippen molar-refractivity contribution < 1.29 is 9.53 Å². The fourth-order valence-electron chi connectivity index (χ4n) is 2.26. The van der Waals surface area contributed by atoms with Crippen LogP contribution in [0.3, 0.4) is 0 Å². The van der Waals surface area contributed by atoms with Gasteiger partial charge in [-0.15, -0.1) is 10.2 Å². The molecule has 0 saturated heterocycles. The number of hydrogen-bond acceptors (Lipinski definition) is 4. The van der Waals surface area contributed by atoms with Gasteiger partial charge in [-0.05, 0) is 36.2 Å². The van der Waals surface area contributed by atoms with E-state index < -0.39 is 0 Å². The average molecular weight is 324 g/mol. The number of benzene rings is 1. The molecule has 2 heterocycles. The zero-order valence-electron chi connectivity index (χ0n) is 13.8. The Morgan fingerprint density at radius 2 is 2.08 bits per heavy atom. The molecule has 0 spiro atoms.